The van der Waals surface area contributed by atoms with Gasteiger partial charge in [0.2, 0.25) is 5.82 Å². The second-order valence-corrected chi connectivity index (χ2v) is 3.33. The Bertz CT molecular complexity index is 553. The van der Waals surface area contributed by atoms with Gasteiger partial charge in [0, 0.05) is 18.1 Å². The third-order valence-electron chi connectivity index (χ3n) is 2.26. The molecule has 0 radical (unpaired) electrons. The largest absolute Gasteiger partial charge is 0.398 e. The summed E-state index contributed by atoms with van der Waals surface area (Å²) in [7, 11) is 0. The van der Waals surface area contributed by atoms with E-state index >= 15 is 0 Å². The Labute approximate surface area is 91.8 Å². The van der Waals surface area contributed by atoms with E-state index in [-0.39, 0.29) is 11.6 Å². The van der Waals surface area contributed by atoms with E-state index in [0.29, 0.717) is 17.8 Å². The fourth-order valence-corrected chi connectivity index (χ4v) is 1.44. The topological polar surface area (TPSA) is 67.6 Å². The van der Waals surface area contributed by atoms with Crippen LogP contribution in [0.25, 0.3) is 0 Å². The molecule has 2 N–H and O–H groups in total. The molecular weight excluding hydrogens is 207 g/mol. The van der Waals surface area contributed by atoms with E-state index in [1.54, 1.807) is 10.8 Å². The maximum absolute atomic E-state index is 13.0. The first-order valence-electron chi connectivity index (χ1n) is 4.66. The van der Waals surface area contributed by atoms with Crippen molar-refractivity contribution < 1.29 is 4.39 Å². The summed E-state index contributed by atoms with van der Waals surface area (Å²) in [5.74, 6) is -0.0634. The number of benzene rings is 1. The minimum atomic E-state index is -0.345. The van der Waals surface area contributed by atoms with Crippen LogP contribution < -0.4 is 5.73 Å². The molecule has 4 nitrogen and oxygen atoms in total. The Hall–Kier alpha value is -2.35. The van der Waals surface area contributed by atoms with E-state index in [4.69, 9.17) is 11.0 Å². The number of rotatable bonds is 2. The molecule has 0 saturated carbocycles. The summed E-state index contributed by atoms with van der Waals surface area (Å²) in [6.07, 6.45) is 3.18. The number of hydrogen-bond donors (Lipinski definition) is 1. The normalized spacial score (nSPS) is 10.0. The van der Waals surface area contributed by atoms with Gasteiger partial charge in [0.15, 0.2) is 0 Å². The summed E-state index contributed by atoms with van der Waals surface area (Å²) in [4.78, 5) is 3.85. The Kier molecular flexibility index (Phi) is 2.56. The van der Waals surface area contributed by atoms with Gasteiger partial charge in [-0.15, -0.1) is 0 Å². The van der Waals surface area contributed by atoms with Crippen molar-refractivity contribution in [2.24, 2.45) is 0 Å². The standard InChI is InChI=1S/C11H9FN4/c12-9-1-2-10(14)8(5-9)7-16-4-3-15-11(16)6-13/h1-5H,7,14H2. The van der Waals surface area contributed by atoms with Crippen molar-refractivity contribution in [1.82, 2.24) is 9.55 Å². The van der Waals surface area contributed by atoms with Crippen LogP contribution in [-0.2, 0) is 6.54 Å². The second-order valence-electron chi connectivity index (χ2n) is 3.33. The van der Waals surface area contributed by atoms with E-state index in [0.717, 1.165) is 0 Å². The Morgan fingerprint density at radius 2 is 2.31 bits per heavy atom. The zero-order valence-corrected chi connectivity index (χ0v) is 8.39. The molecule has 16 heavy (non-hydrogen) atoms. The highest BCUT2D eigenvalue weighted by Crippen LogP contribution is 2.15. The van der Waals surface area contributed by atoms with Gasteiger partial charge >= 0.3 is 0 Å². The predicted octanol–water partition coefficient (Wildman–Crippen LogP) is 1.52. The second kappa shape index (κ2) is 4.03. The molecule has 0 bridgehead atoms. The molecule has 0 aliphatic carbocycles. The molecule has 0 unspecified atom stereocenters. The monoisotopic (exact) mass is 216 g/mol. The molecule has 2 rings (SSSR count). The van der Waals surface area contributed by atoms with E-state index < -0.39 is 0 Å². The van der Waals surface area contributed by atoms with Gasteiger partial charge in [-0.05, 0) is 23.8 Å². The van der Waals surface area contributed by atoms with Crippen molar-refractivity contribution in [3.63, 3.8) is 0 Å². The minimum absolute atomic E-state index is 0.281. The van der Waals surface area contributed by atoms with Gasteiger partial charge < -0.3 is 10.3 Å². The Morgan fingerprint density at radius 3 is 3.06 bits per heavy atom. The lowest BCUT2D eigenvalue weighted by molar-refractivity contribution is 0.623. The molecule has 2 aromatic rings. The Morgan fingerprint density at radius 1 is 1.50 bits per heavy atom. The number of nitrogen functional groups attached to an aromatic ring is 1. The van der Waals surface area contributed by atoms with Crippen molar-refractivity contribution in [2.75, 3.05) is 5.73 Å². The van der Waals surface area contributed by atoms with Crippen molar-refractivity contribution in [2.45, 2.75) is 6.54 Å². The first kappa shape index (κ1) is 10.2. The van der Waals surface area contributed by atoms with E-state index in [1.165, 1.54) is 24.4 Å². The maximum Gasteiger partial charge on any atom is 0.213 e. The fourth-order valence-electron chi connectivity index (χ4n) is 1.44. The van der Waals surface area contributed by atoms with E-state index in [9.17, 15) is 4.39 Å². The van der Waals surface area contributed by atoms with Crippen molar-refractivity contribution in [3.8, 4) is 6.07 Å². The summed E-state index contributed by atoms with van der Waals surface area (Å²) in [5.41, 5.74) is 6.85. The van der Waals surface area contributed by atoms with Gasteiger partial charge in [0.1, 0.15) is 11.9 Å². The number of anilines is 1. The van der Waals surface area contributed by atoms with Crippen LogP contribution in [0.15, 0.2) is 30.6 Å². The molecule has 1 aromatic carbocycles. The number of hydrogen-bond acceptors (Lipinski definition) is 3. The first-order valence-corrected chi connectivity index (χ1v) is 4.66. The average Bonchev–Trinajstić information content (AvgIpc) is 2.71. The molecule has 0 saturated heterocycles. The third kappa shape index (κ3) is 1.86. The Balaban J connectivity index is 2.34. The fraction of sp³-hybridized carbons (Fsp3) is 0.0909. The number of aromatic nitrogens is 2. The van der Waals surface area contributed by atoms with Gasteiger partial charge in [-0.25, -0.2) is 9.37 Å². The number of halogens is 1. The van der Waals surface area contributed by atoms with Crippen LogP contribution in [0.2, 0.25) is 0 Å². The van der Waals surface area contributed by atoms with E-state index in [1.807, 2.05) is 6.07 Å². The van der Waals surface area contributed by atoms with Gasteiger partial charge in [0.05, 0.1) is 6.54 Å². The number of nitrogens with zero attached hydrogens (tertiary/aromatic N) is 3. The molecule has 0 fully saturated rings. The third-order valence-corrected chi connectivity index (χ3v) is 2.26. The summed E-state index contributed by atoms with van der Waals surface area (Å²) in [6.45, 7) is 0.340. The van der Waals surface area contributed by atoms with Crippen molar-refractivity contribution >= 4 is 5.69 Å². The lowest BCUT2D eigenvalue weighted by atomic mass is 10.2. The van der Waals surface area contributed by atoms with Crippen molar-refractivity contribution in [3.05, 3.63) is 47.8 Å². The molecule has 0 aliphatic heterocycles. The maximum atomic E-state index is 13.0. The predicted molar refractivity (Wildman–Crippen MR) is 56.9 cm³/mol. The zero-order chi connectivity index (χ0) is 11.5. The quantitative estimate of drug-likeness (QED) is 0.774. The van der Waals surface area contributed by atoms with E-state index in [2.05, 4.69) is 4.98 Å². The minimum Gasteiger partial charge on any atom is -0.398 e. The van der Waals surface area contributed by atoms with Gasteiger partial charge in [-0.3, -0.25) is 0 Å². The molecule has 1 aromatic heterocycles. The molecule has 5 heteroatoms. The highest BCUT2D eigenvalue weighted by atomic mass is 19.1. The summed E-state index contributed by atoms with van der Waals surface area (Å²) >= 11 is 0. The van der Waals surface area contributed by atoms with Crippen LogP contribution in [-0.4, -0.2) is 9.55 Å². The van der Waals surface area contributed by atoms with Gasteiger partial charge in [-0.2, -0.15) is 5.26 Å². The van der Waals surface area contributed by atoms with Gasteiger partial charge in [-0.1, -0.05) is 0 Å². The molecule has 0 atom stereocenters. The molecular formula is C11H9FN4. The van der Waals surface area contributed by atoms with Crippen molar-refractivity contribution in [1.29, 1.82) is 5.26 Å². The lowest BCUT2D eigenvalue weighted by Gasteiger charge is -2.07. The van der Waals surface area contributed by atoms with Crippen LogP contribution in [0.3, 0.4) is 0 Å². The number of nitriles is 1. The molecule has 1 heterocycles. The zero-order valence-electron chi connectivity index (χ0n) is 8.39. The van der Waals surface area contributed by atoms with Crippen LogP contribution >= 0.6 is 0 Å². The highest BCUT2D eigenvalue weighted by Gasteiger charge is 2.05. The molecule has 80 valence electrons. The smallest absolute Gasteiger partial charge is 0.213 e. The average molecular weight is 216 g/mol. The molecule has 0 aliphatic rings. The molecule has 0 amide bonds. The SMILES string of the molecule is N#Cc1nccn1Cc1cc(F)ccc1N. The highest BCUT2D eigenvalue weighted by molar-refractivity contribution is 5.47. The van der Waals surface area contributed by atoms with Crippen LogP contribution in [0.1, 0.15) is 11.4 Å². The van der Waals surface area contributed by atoms with Crippen LogP contribution in [0.5, 0.6) is 0 Å². The first-order chi connectivity index (χ1) is 7.70. The lowest BCUT2D eigenvalue weighted by Crippen LogP contribution is -2.04. The van der Waals surface area contributed by atoms with Gasteiger partial charge in [0.25, 0.3) is 0 Å². The molecule has 0 spiro atoms. The van der Waals surface area contributed by atoms with Crippen LogP contribution in [0.4, 0.5) is 10.1 Å². The summed E-state index contributed by atoms with van der Waals surface area (Å²) in [6, 6.07) is 6.12. The van der Waals surface area contributed by atoms with Crippen LogP contribution in [0, 0.1) is 17.1 Å². The summed E-state index contributed by atoms with van der Waals surface area (Å²) in [5, 5.41) is 8.77. The number of nitrogens with two attached hydrogens (primary N) is 1. The number of imidazole rings is 1. The summed E-state index contributed by atoms with van der Waals surface area (Å²) < 4.78 is 14.6.